The van der Waals surface area contributed by atoms with Gasteiger partial charge in [0.25, 0.3) is 5.91 Å². The predicted octanol–water partition coefficient (Wildman–Crippen LogP) is 2.02. The van der Waals surface area contributed by atoms with Gasteiger partial charge in [0.1, 0.15) is 5.82 Å². The number of rotatable bonds is 3. The maximum absolute atomic E-state index is 12.1. The summed E-state index contributed by atoms with van der Waals surface area (Å²) in [6.45, 7) is 1.92. The van der Waals surface area contributed by atoms with Gasteiger partial charge in [-0.1, -0.05) is 0 Å². The molecule has 94 valence electrons. The van der Waals surface area contributed by atoms with Gasteiger partial charge in [0.05, 0.1) is 6.20 Å². The van der Waals surface area contributed by atoms with Crippen LogP contribution in [0.15, 0.2) is 30.5 Å². The Labute approximate surface area is 106 Å². The van der Waals surface area contributed by atoms with Gasteiger partial charge in [-0.25, -0.2) is 0 Å². The van der Waals surface area contributed by atoms with E-state index >= 15 is 0 Å². The van der Waals surface area contributed by atoms with E-state index in [0.717, 1.165) is 11.3 Å². The van der Waals surface area contributed by atoms with Gasteiger partial charge in [-0.15, -0.1) is 0 Å². The van der Waals surface area contributed by atoms with Crippen LogP contribution in [0.4, 0.5) is 11.5 Å². The van der Waals surface area contributed by atoms with Crippen molar-refractivity contribution < 1.29 is 4.79 Å². The fraction of sp³-hybridized carbons (Fsp3) is 0.231. The van der Waals surface area contributed by atoms with Crippen LogP contribution in [0.1, 0.15) is 15.9 Å². The average Bonchev–Trinajstić information content (AvgIpc) is 2.74. The molecule has 0 aliphatic heterocycles. The van der Waals surface area contributed by atoms with Crippen LogP contribution in [-0.2, 0) is 7.05 Å². The molecule has 2 rings (SSSR count). The van der Waals surface area contributed by atoms with Crippen LogP contribution in [-0.4, -0.2) is 22.7 Å². The number of carbonyl (C=O) groups is 1. The molecule has 0 saturated carbocycles. The van der Waals surface area contributed by atoms with E-state index in [2.05, 4.69) is 15.7 Å². The van der Waals surface area contributed by atoms with Gasteiger partial charge < -0.3 is 10.6 Å². The van der Waals surface area contributed by atoms with Gasteiger partial charge in [0, 0.05) is 31.4 Å². The lowest BCUT2D eigenvalue weighted by Gasteiger charge is -2.09. The van der Waals surface area contributed by atoms with Crippen LogP contribution >= 0.6 is 0 Å². The lowest BCUT2D eigenvalue weighted by Crippen LogP contribution is -2.15. The molecule has 1 amide bonds. The number of carbonyl (C=O) groups excluding carboxylic acids is 1. The molecule has 2 N–H and O–H groups in total. The summed E-state index contributed by atoms with van der Waals surface area (Å²) >= 11 is 0. The van der Waals surface area contributed by atoms with Gasteiger partial charge in [-0.3, -0.25) is 9.48 Å². The fourth-order valence-electron chi connectivity index (χ4n) is 1.75. The Bertz CT molecular complexity index is 574. The molecule has 1 aromatic carbocycles. The number of amides is 1. The van der Waals surface area contributed by atoms with E-state index in [9.17, 15) is 4.79 Å². The SMILES string of the molecule is CNc1ccc(C(=O)Nc2ccnn2C)c(C)c1. The maximum atomic E-state index is 12.1. The number of hydrogen-bond donors (Lipinski definition) is 2. The zero-order valence-electron chi connectivity index (χ0n) is 10.7. The molecule has 0 fully saturated rings. The molecule has 0 atom stereocenters. The highest BCUT2D eigenvalue weighted by Gasteiger charge is 2.11. The number of anilines is 2. The normalized spacial score (nSPS) is 10.2. The van der Waals surface area contributed by atoms with Crippen molar-refractivity contribution in [3.05, 3.63) is 41.6 Å². The molecule has 0 aliphatic carbocycles. The lowest BCUT2D eigenvalue weighted by atomic mass is 10.1. The first-order valence-corrected chi connectivity index (χ1v) is 5.69. The van der Waals surface area contributed by atoms with Crippen molar-refractivity contribution in [1.29, 1.82) is 0 Å². The summed E-state index contributed by atoms with van der Waals surface area (Å²) in [5.74, 6) is 0.552. The number of nitrogens with one attached hydrogen (secondary N) is 2. The molecule has 5 nitrogen and oxygen atoms in total. The van der Waals surface area contributed by atoms with E-state index < -0.39 is 0 Å². The minimum absolute atomic E-state index is 0.126. The Morgan fingerprint density at radius 3 is 2.67 bits per heavy atom. The molecule has 2 aromatic rings. The van der Waals surface area contributed by atoms with E-state index in [-0.39, 0.29) is 5.91 Å². The van der Waals surface area contributed by atoms with Crippen LogP contribution in [0.2, 0.25) is 0 Å². The minimum Gasteiger partial charge on any atom is -0.388 e. The second-order valence-electron chi connectivity index (χ2n) is 4.07. The number of benzene rings is 1. The predicted molar refractivity (Wildman–Crippen MR) is 71.9 cm³/mol. The van der Waals surface area contributed by atoms with E-state index in [0.29, 0.717) is 11.4 Å². The molecule has 5 heteroatoms. The molecule has 0 bridgehead atoms. The second kappa shape index (κ2) is 4.91. The van der Waals surface area contributed by atoms with Crippen molar-refractivity contribution in [3.63, 3.8) is 0 Å². The van der Waals surface area contributed by atoms with Gasteiger partial charge in [0.2, 0.25) is 0 Å². The summed E-state index contributed by atoms with van der Waals surface area (Å²) in [4.78, 5) is 12.1. The topological polar surface area (TPSA) is 59.0 Å². The van der Waals surface area contributed by atoms with Crippen LogP contribution in [0, 0.1) is 6.92 Å². The average molecular weight is 244 g/mol. The highest BCUT2D eigenvalue weighted by Crippen LogP contribution is 2.16. The summed E-state index contributed by atoms with van der Waals surface area (Å²) < 4.78 is 1.62. The molecule has 0 unspecified atom stereocenters. The van der Waals surface area contributed by atoms with Crippen molar-refractivity contribution in [2.24, 2.45) is 7.05 Å². The highest BCUT2D eigenvalue weighted by atomic mass is 16.1. The van der Waals surface area contributed by atoms with Crippen molar-refractivity contribution in [1.82, 2.24) is 9.78 Å². The summed E-state index contributed by atoms with van der Waals surface area (Å²) in [6, 6.07) is 7.39. The number of aromatic nitrogens is 2. The summed E-state index contributed by atoms with van der Waals surface area (Å²) in [7, 11) is 3.64. The molecule has 0 saturated heterocycles. The monoisotopic (exact) mass is 244 g/mol. The molecule has 1 heterocycles. The molecule has 0 aliphatic rings. The molecule has 18 heavy (non-hydrogen) atoms. The van der Waals surface area contributed by atoms with Crippen LogP contribution in [0.25, 0.3) is 0 Å². The third-order valence-corrected chi connectivity index (χ3v) is 2.82. The summed E-state index contributed by atoms with van der Waals surface area (Å²) in [5.41, 5.74) is 2.58. The van der Waals surface area contributed by atoms with Crippen molar-refractivity contribution in [2.45, 2.75) is 6.92 Å². The van der Waals surface area contributed by atoms with Gasteiger partial charge in [-0.05, 0) is 30.7 Å². The zero-order valence-corrected chi connectivity index (χ0v) is 10.7. The van der Waals surface area contributed by atoms with Gasteiger partial charge in [0.15, 0.2) is 0 Å². The third-order valence-electron chi connectivity index (χ3n) is 2.82. The number of nitrogens with zero attached hydrogens (tertiary/aromatic N) is 2. The Morgan fingerprint density at radius 1 is 1.33 bits per heavy atom. The lowest BCUT2D eigenvalue weighted by molar-refractivity contribution is 0.102. The zero-order chi connectivity index (χ0) is 13.1. The smallest absolute Gasteiger partial charge is 0.257 e. The molecular weight excluding hydrogens is 228 g/mol. The molecule has 0 radical (unpaired) electrons. The minimum atomic E-state index is -0.126. The number of aryl methyl sites for hydroxylation is 2. The third kappa shape index (κ3) is 2.34. The molecule has 1 aromatic heterocycles. The fourth-order valence-corrected chi connectivity index (χ4v) is 1.75. The highest BCUT2D eigenvalue weighted by molar-refractivity contribution is 6.05. The van der Waals surface area contributed by atoms with Crippen molar-refractivity contribution in [2.75, 3.05) is 17.7 Å². The Hall–Kier alpha value is -2.30. The Balaban J connectivity index is 2.22. The van der Waals surface area contributed by atoms with E-state index in [1.807, 2.05) is 32.2 Å². The first-order valence-electron chi connectivity index (χ1n) is 5.69. The van der Waals surface area contributed by atoms with Crippen molar-refractivity contribution in [3.8, 4) is 0 Å². The molecular formula is C13H16N4O. The van der Waals surface area contributed by atoms with E-state index in [1.54, 1.807) is 24.0 Å². The Morgan fingerprint density at radius 2 is 2.11 bits per heavy atom. The second-order valence-corrected chi connectivity index (χ2v) is 4.07. The van der Waals surface area contributed by atoms with E-state index in [4.69, 9.17) is 0 Å². The first-order chi connectivity index (χ1) is 8.61. The van der Waals surface area contributed by atoms with E-state index in [1.165, 1.54) is 0 Å². The summed E-state index contributed by atoms with van der Waals surface area (Å²) in [6.07, 6.45) is 1.65. The number of hydrogen-bond acceptors (Lipinski definition) is 3. The maximum Gasteiger partial charge on any atom is 0.257 e. The van der Waals surface area contributed by atoms with Crippen LogP contribution in [0.3, 0.4) is 0 Å². The van der Waals surface area contributed by atoms with Gasteiger partial charge >= 0.3 is 0 Å². The van der Waals surface area contributed by atoms with Crippen LogP contribution in [0.5, 0.6) is 0 Å². The first kappa shape index (κ1) is 12.2. The van der Waals surface area contributed by atoms with Crippen molar-refractivity contribution >= 4 is 17.4 Å². The van der Waals surface area contributed by atoms with Gasteiger partial charge in [-0.2, -0.15) is 5.10 Å². The summed E-state index contributed by atoms with van der Waals surface area (Å²) in [5, 5.41) is 9.87. The Kier molecular flexibility index (Phi) is 3.32. The standard InChI is InChI=1S/C13H16N4O/c1-9-8-10(14-2)4-5-11(9)13(18)16-12-6-7-15-17(12)3/h4-8,14H,1-3H3,(H,16,18). The quantitative estimate of drug-likeness (QED) is 0.868. The largest absolute Gasteiger partial charge is 0.388 e. The molecule has 0 spiro atoms. The van der Waals surface area contributed by atoms with Crippen LogP contribution < -0.4 is 10.6 Å².